The first-order valence-corrected chi connectivity index (χ1v) is 5.60. The van der Waals surface area contributed by atoms with Gasteiger partial charge in [0.15, 0.2) is 6.61 Å². The second-order valence-electron chi connectivity index (χ2n) is 3.98. The van der Waals surface area contributed by atoms with Crippen LogP contribution < -0.4 is 0 Å². The fourth-order valence-electron chi connectivity index (χ4n) is 1.58. The summed E-state index contributed by atoms with van der Waals surface area (Å²) >= 11 is 0. The van der Waals surface area contributed by atoms with Crippen LogP contribution in [0, 0.1) is 0 Å². The van der Waals surface area contributed by atoms with Crippen LogP contribution in [0.1, 0.15) is 12.2 Å². The largest absolute Gasteiger partial charge is 0.456 e. The lowest BCUT2D eigenvalue weighted by Gasteiger charge is -2.06. The molecule has 1 N–H and O–H groups in total. The predicted octanol–water partition coefficient (Wildman–Crippen LogP) is 2.60. The third-order valence-electron chi connectivity index (χ3n) is 2.40. The summed E-state index contributed by atoms with van der Waals surface area (Å²) in [5.74, 6) is -0.345. The Kier molecular flexibility index (Phi) is 3.73. The topological polar surface area (TPSA) is 55.0 Å². The number of rotatable bonds is 4. The van der Waals surface area contributed by atoms with Gasteiger partial charge in [0.1, 0.15) is 5.82 Å². The third kappa shape index (κ3) is 3.97. The molecule has 0 atom stereocenters. The number of H-pyrrole nitrogens is 1. The number of benzene rings is 1. The van der Waals surface area contributed by atoms with Crippen molar-refractivity contribution in [1.82, 2.24) is 9.97 Å². The van der Waals surface area contributed by atoms with Crippen LogP contribution in [0.2, 0.25) is 0 Å². The van der Waals surface area contributed by atoms with Gasteiger partial charge in [-0.05, 0) is 12.1 Å². The Morgan fingerprint density at radius 1 is 1.32 bits per heavy atom. The Morgan fingerprint density at radius 2 is 2.05 bits per heavy atom. The number of ether oxygens (including phenoxy) is 1. The fraction of sp³-hybridized carbons (Fsp3) is 0.333. The number of nitrogens with zero attached hydrogens (tertiary/aromatic N) is 1. The summed E-state index contributed by atoms with van der Waals surface area (Å²) in [6, 6.07) is 7.29. The van der Waals surface area contributed by atoms with Gasteiger partial charge in [-0.2, -0.15) is 13.2 Å². The zero-order chi connectivity index (χ0) is 13.9. The number of esters is 1. The molecular weight excluding hydrogens is 261 g/mol. The van der Waals surface area contributed by atoms with Crippen LogP contribution in [0.3, 0.4) is 0 Å². The van der Waals surface area contributed by atoms with Gasteiger partial charge in [-0.1, -0.05) is 12.1 Å². The molecule has 0 unspecified atom stereocenters. The van der Waals surface area contributed by atoms with Gasteiger partial charge >= 0.3 is 12.1 Å². The molecule has 2 rings (SSSR count). The highest BCUT2D eigenvalue weighted by atomic mass is 19.4. The van der Waals surface area contributed by atoms with Gasteiger partial charge in [0.2, 0.25) is 0 Å². The Morgan fingerprint density at radius 3 is 2.74 bits per heavy atom. The summed E-state index contributed by atoms with van der Waals surface area (Å²) in [7, 11) is 0. The summed E-state index contributed by atoms with van der Waals surface area (Å²) in [5.41, 5.74) is 1.57. The van der Waals surface area contributed by atoms with E-state index in [1.165, 1.54) is 0 Å². The first-order valence-electron chi connectivity index (χ1n) is 5.60. The molecule has 0 fully saturated rings. The number of aromatic amines is 1. The second-order valence-corrected chi connectivity index (χ2v) is 3.98. The van der Waals surface area contributed by atoms with Crippen LogP contribution in [0.4, 0.5) is 13.2 Å². The average Bonchev–Trinajstić information content (AvgIpc) is 2.75. The van der Waals surface area contributed by atoms with E-state index >= 15 is 0 Å². The molecule has 0 saturated carbocycles. The second kappa shape index (κ2) is 5.29. The molecular formula is C12H11F3N2O2. The molecule has 0 bridgehead atoms. The van der Waals surface area contributed by atoms with Crippen molar-refractivity contribution in [1.29, 1.82) is 0 Å². The number of hydrogen-bond acceptors (Lipinski definition) is 3. The van der Waals surface area contributed by atoms with Crippen molar-refractivity contribution < 1.29 is 22.7 Å². The van der Waals surface area contributed by atoms with E-state index in [0.29, 0.717) is 5.82 Å². The van der Waals surface area contributed by atoms with E-state index in [1.807, 2.05) is 18.2 Å². The summed E-state index contributed by atoms with van der Waals surface area (Å²) < 4.78 is 39.6. The van der Waals surface area contributed by atoms with E-state index in [-0.39, 0.29) is 12.8 Å². The normalized spacial score (nSPS) is 11.7. The zero-order valence-corrected chi connectivity index (χ0v) is 9.83. The maximum atomic E-state index is 11.8. The molecule has 0 amide bonds. The van der Waals surface area contributed by atoms with Crippen LogP contribution in [-0.4, -0.2) is 28.7 Å². The lowest BCUT2D eigenvalue weighted by atomic mass is 10.3. The molecule has 0 saturated heterocycles. The Hall–Kier alpha value is -2.05. The molecule has 0 aliphatic rings. The smallest absolute Gasteiger partial charge is 0.422 e. The number of hydrogen-bond donors (Lipinski definition) is 1. The SMILES string of the molecule is O=C(CCc1nc2ccccc2[nH]1)OCC(F)(F)F. The maximum Gasteiger partial charge on any atom is 0.422 e. The molecule has 19 heavy (non-hydrogen) atoms. The summed E-state index contributed by atoms with van der Waals surface area (Å²) in [6.45, 7) is -1.55. The van der Waals surface area contributed by atoms with Crippen molar-refractivity contribution in [2.45, 2.75) is 19.0 Å². The van der Waals surface area contributed by atoms with Crippen molar-refractivity contribution >= 4 is 17.0 Å². The highest BCUT2D eigenvalue weighted by Crippen LogP contribution is 2.15. The monoisotopic (exact) mass is 272 g/mol. The van der Waals surface area contributed by atoms with Crippen molar-refractivity contribution in [3.8, 4) is 0 Å². The first-order chi connectivity index (χ1) is 8.94. The van der Waals surface area contributed by atoms with Gasteiger partial charge in [-0.3, -0.25) is 4.79 Å². The zero-order valence-electron chi connectivity index (χ0n) is 9.83. The van der Waals surface area contributed by atoms with Crippen molar-refractivity contribution in [3.05, 3.63) is 30.1 Å². The van der Waals surface area contributed by atoms with Gasteiger partial charge < -0.3 is 9.72 Å². The Balaban J connectivity index is 1.86. The molecule has 0 aliphatic heterocycles. The number of alkyl halides is 3. The number of fused-ring (bicyclic) bond motifs is 1. The molecule has 0 aliphatic carbocycles. The quantitative estimate of drug-likeness (QED) is 0.870. The molecule has 102 valence electrons. The number of halogens is 3. The minimum Gasteiger partial charge on any atom is -0.456 e. The van der Waals surface area contributed by atoms with Crippen molar-refractivity contribution in [3.63, 3.8) is 0 Å². The van der Waals surface area contributed by atoms with E-state index in [0.717, 1.165) is 11.0 Å². The molecule has 0 spiro atoms. The number of imidazole rings is 1. The Bertz CT molecular complexity index is 545. The van der Waals surface area contributed by atoms with Crippen molar-refractivity contribution in [2.75, 3.05) is 6.61 Å². The van der Waals surface area contributed by atoms with Gasteiger partial charge in [-0.15, -0.1) is 0 Å². The molecule has 1 heterocycles. The van der Waals surface area contributed by atoms with Gasteiger partial charge in [0, 0.05) is 6.42 Å². The van der Waals surface area contributed by atoms with Gasteiger partial charge in [0.25, 0.3) is 0 Å². The van der Waals surface area contributed by atoms with Crippen molar-refractivity contribution in [2.24, 2.45) is 0 Å². The molecule has 4 nitrogen and oxygen atoms in total. The fourth-order valence-corrected chi connectivity index (χ4v) is 1.58. The average molecular weight is 272 g/mol. The van der Waals surface area contributed by atoms with Gasteiger partial charge in [0.05, 0.1) is 17.5 Å². The molecule has 0 radical (unpaired) electrons. The summed E-state index contributed by atoms with van der Waals surface area (Å²) in [6.07, 6.45) is -4.42. The molecule has 7 heteroatoms. The minimum absolute atomic E-state index is 0.143. The van der Waals surface area contributed by atoms with Crippen LogP contribution >= 0.6 is 0 Å². The number of aryl methyl sites for hydroxylation is 1. The minimum atomic E-state index is -4.49. The predicted molar refractivity (Wildman–Crippen MR) is 61.4 cm³/mol. The molecule has 1 aromatic heterocycles. The van der Waals surface area contributed by atoms with Crippen LogP contribution in [-0.2, 0) is 16.0 Å². The molecule has 2 aromatic rings. The lowest BCUT2D eigenvalue weighted by molar-refractivity contribution is -0.186. The highest BCUT2D eigenvalue weighted by Gasteiger charge is 2.29. The van der Waals surface area contributed by atoms with Crippen LogP contribution in [0.5, 0.6) is 0 Å². The maximum absolute atomic E-state index is 11.8. The number of nitrogens with one attached hydrogen (secondary N) is 1. The standard InChI is InChI=1S/C12H11F3N2O2/c13-12(14,15)7-19-11(18)6-5-10-16-8-3-1-2-4-9(8)17-10/h1-4H,5-7H2,(H,16,17). The van der Waals surface area contributed by atoms with Crippen LogP contribution in [0.15, 0.2) is 24.3 Å². The van der Waals surface area contributed by atoms with E-state index in [4.69, 9.17) is 0 Å². The molecule has 1 aromatic carbocycles. The van der Waals surface area contributed by atoms with E-state index in [2.05, 4.69) is 14.7 Å². The van der Waals surface area contributed by atoms with Crippen LogP contribution in [0.25, 0.3) is 11.0 Å². The summed E-state index contributed by atoms with van der Waals surface area (Å²) in [4.78, 5) is 18.3. The Labute approximate surface area is 106 Å². The lowest BCUT2D eigenvalue weighted by Crippen LogP contribution is -2.20. The highest BCUT2D eigenvalue weighted by molar-refractivity contribution is 5.75. The number of aromatic nitrogens is 2. The first kappa shape index (κ1) is 13.4. The summed E-state index contributed by atoms with van der Waals surface area (Å²) in [5, 5.41) is 0. The van der Waals surface area contributed by atoms with Gasteiger partial charge in [-0.25, -0.2) is 4.98 Å². The third-order valence-corrected chi connectivity index (χ3v) is 2.40. The van der Waals surface area contributed by atoms with E-state index in [9.17, 15) is 18.0 Å². The van der Waals surface area contributed by atoms with E-state index < -0.39 is 18.8 Å². The number of para-hydroxylation sites is 2. The number of carbonyl (C=O) groups is 1. The van der Waals surface area contributed by atoms with E-state index in [1.54, 1.807) is 6.07 Å². The number of carbonyl (C=O) groups excluding carboxylic acids is 1.